The average Bonchev–Trinajstić information content (AvgIpc) is 2.68. The van der Waals surface area contributed by atoms with Crippen LogP contribution in [-0.4, -0.2) is 20.6 Å². The maximum atomic E-state index is 12.9. The van der Waals surface area contributed by atoms with Gasteiger partial charge in [-0.05, 0) is 18.6 Å². The zero-order valence-electron chi connectivity index (χ0n) is 9.81. The fourth-order valence-electron chi connectivity index (χ4n) is 1.91. The van der Waals surface area contributed by atoms with Crippen LogP contribution in [0.25, 0.3) is 11.0 Å². The molecular formula is C12H11F3N2O2. The molecule has 0 saturated carbocycles. The van der Waals surface area contributed by atoms with Gasteiger partial charge in [0.1, 0.15) is 0 Å². The summed E-state index contributed by atoms with van der Waals surface area (Å²) < 4.78 is 39.6. The van der Waals surface area contributed by atoms with Crippen LogP contribution < -0.4 is 0 Å². The minimum atomic E-state index is -4.55. The molecule has 7 heteroatoms. The summed E-state index contributed by atoms with van der Waals surface area (Å²) >= 11 is 0. The third kappa shape index (κ3) is 2.86. The lowest BCUT2D eigenvalue weighted by atomic mass is 10.3. The van der Waals surface area contributed by atoms with E-state index in [-0.39, 0.29) is 24.9 Å². The number of halogens is 3. The first kappa shape index (κ1) is 13.4. The molecule has 0 bridgehead atoms. The lowest BCUT2D eigenvalue weighted by Gasteiger charge is -2.10. The lowest BCUT2D eigenvalue weighted by Crippen LogP contribution is -2.15. The van der Waals surface area contributed by atoms with Crippen LogP contribution in [0.4, 0.5) is 13.2 Å². The molecule has 0 aliphatic carbocycles. The van der Waals surface area contributed by atoms with Gasteiger partial charge in [-0.25, -0.2) is 4.98 Å². The molecule has 2 aromatic rings. The van der Waals surface area contributed by atoms with Gasteiger partial charge in [0.25, 0.3) is 0 Å². The van der Waals surface area contributed by atoms with E-state index in [9.17, 15) is 18.0 Å². The fraction of sp³-hybridized carbons (Fsp3) is 0.333. The second-order valence-electron chi connectivity index (χ2n) is 4.07. The highest BCUT2D eigenvalue weighted by Gasteiger charge is 2.37. The smallest absolute Gasteiger partial charge is 0.449 e. The third-order valence-electron chi connectivity index (χ3n) is 2.68. The highest BCUT2D eigenvalue weighted by molar-refractivity contribution is 5.76. The van der Waals surface area contributed by atoms with Gasteiger partial charge in [0.2, 0.25) is 5.82 Å². The highest BCUT2D eigenvalue weighted by Crippen LogP contribution is 2.31. The minimum Gasteiger partial charge on any atom is -0.481 e. The Bertz CT molecular complexity index is 605. The van der Waals surface area contributed by atoms with Crippen molar-refractivity contribution < 1.29 is 23.1 Å². The van der Waals surface area contributed by atoms with Gasteiger partial charge in [-0.1, -0.05) is 12.1 Å². The predicted molar refractivity (Wildman–Crippen MR) is 61.6 cm³/mol. The number of benzene rings is 1. The Morgan fingerprint density at radius 2 is 2.00 bits per heavy atom. The second-order valence-corrected chi connectivity index (χ2v) is 4.07. The first-order chi connectivity index (χ1) is 8.89. The van der Waals surface area contributed by atoms with Crippen molar-refractivity contribution in [1.29, 1.82) is 0 Å². The molecule has 1 aromatic heterocycles. The highest BCUT2D eigenvalue weighted by atomic mass is 19.4. The Morgan fingerprint density at radius 1 is 1.32 bits per heavy atom. The number of imidazole rings is 1. The van der Waals surface area contributed by atoms with Gasteiger partial charge in [0.15, 0.2) is 0 Å². The van der Waals surface area contributed by atoms with Crippen molar-refractivity contribution in [2.24, 2.45) is 0 Å². The van der Waals surface area contributed by atoms with E-state index in [0.717, 1.165) is 4.57 Å². The van der Waals surface area contributed by atoms with Crippen molar-refractivity contribution in [2.45, 2.75) is 25.6 Å². The van der Waals surface area contributed by atoms with Crippen LogP contribution in [0.15, 0.2) is 24.3 Å². The van der Waals surface area contributed by atoms with Crippen molar-refractivity contribution >= 4 is 17.0 Å². The van der Waals surface area contributed by atoms with E-state index in [1.807, 2.05) is 0 Å². The van der Waals surface area contributed by atoms with Crippen molar-refractivity contribution in [3.63, 3.8) is 0 Å². The first-order valence-corrected chi connectivity index (χ1v) is 5.64. The number of hydrogen-bond acceptors (Lipinski definition) is 2. The van der Waals surface area contributed by atoms with E-state index < -0.39 is 18.0 Å². The van der Waals surface area contributed by atoms with Gasteiger partial charge in [-0.2, -0.15) is 13.2 Å². The van der Waals surface area contributed by atoms with Crippen molar-refractivity contribution in [3.8, 4) is 0 Å². The van der Waals surface area contributed by atoms with Crippen LogP contribution in [-0.2, 0) is 17.5 Å². The maximum Gasteiger partial charge on any atom is 0.449 e. The Kier molecular flexibility index (Phi) is 3.46. The summed E-state index contributed by atoms with van der Waals surface area (Å²) in [7, 11) is 0. The van der Waals surface area contributed by atoms with Crippen LogP contribution in [0.2, 0.25) is 0 Å². The number of hydrogen-bond donors (Lipinski definition) is 1. The molecule has 0 aliphatic rings. The lowest BCUT2D eigenvalue weighted by molar-refractivity contribution is -0.146. The summed E-state index contributed by atoms with van der Waals surface area (Å²) in [5.74, 6) is -2.02. The van der Waals surface area contributed by atoms with Crippen LogP contribution >= 0.6 is 0 Å². The van der Waals surface area contributed by atoms with Crippen LogP contribution in [0, 0.1) is 0 Å². The number of carbonyl (C=O) groups is 1. The molecule has 1 N–H and O–H groups in total. The summed E-state index contributed by atoms with van der Waals surface area (Å²) in [5, 5.41) is 8.54. The molecule has 0 aliphatic heterocycles. The van der Waals surface area contributed by atoms with Crippen molar-refractivity contribution in [1.82, 2.24) is 9.55 Å². The normalized spacial score (nSPS) is 11.9. The van der Waals surface area contributed by atoms with E-state index in [0.29, 0.717) is 5.52 Å². The average molecular weight is 272 g/mol. The van der Waals surface area contributed by atoms with E-state index in [4.69, 9.17) is 5.11 Å². The van der Waals surface area contributed by atoms with Crippen LogP contribution in [0.5, 0.6) is 0 Å². The van der Waals surface area contributed by atoms with E-state index >= 15 is 0 Å². The van der Waals surface area contributed by atoms with Gasteiger partial charge in [0.05, 0.1) is 11.0 Å². The number of nitrogens with zero attached hydrogens (tertiary/aromatic N) is 2. The Hall–Kier alpha value is -2.05. The number of aryl methyl sites for hydroxylation is 1. The molecule has 0 atom stereocenters. The number of aliphatic carboxylic acids is 1. The molecule has 19 heavy (non-hydrogen) atoms. The molecule has 0 radical (unpaired) electrons. The number of carboxylic acid groups (broad SMARTS) is 1. The first-order valence-electron chi connectivity index (χ1n) is 5.64. The number of aromatic nitrogens is 2. The fourth-order valence-corrected chi connectivity index (χ4v) is 1.91. The number of fused-ring (bicyclic) bond motifs is 1. The number of para-hydroxylation sites is 2. The SMILES string of the molecule is O=C(O)CCCn1c(C(F)(F)F)nc2ccccc21. The molecule has 0 amide bonds. The van der Waals surface area contributed by atoms with Gasteiger partial charge in [-0.3, -0.25) is 4.79 Å². The van der Waals surface area contributed by atoms with Gasteiger partial charge in [0, 0.05) is 13.0 Å². The van der Waals surface area contributed by atoms with E-state index in [1.54, 1.807) is 18.2 Å². The zero-order chi connectivity index (χ0) is 14.0. The molecule has 1 aromatic carbocycles. The quantitative estimate of drug-likeness (QED) is 0.931. The van der Waals surface area contributed by atoms with Crippen LogP contribution in [0.1, 0.15) is 18.7 Å². The molecule has 0 spiro atoms. The van der Waals surface area contributed by atoms with E-state index in [2.05, 4.69) is 4.98 Å². The molecule has 4 nitrogen and oxygen atoms in total. The number of rotatable bonds is 4. The summed E-state index contributed by atoms with van der Waals surface area (Å²) in [6, 6.07) is 6.27. The standard InChI is InChI=1S/C12H11F3N2O2/c13-12(14,15)11-16-8-4-1-2-5-9(8)17(11)7-3-6-10(18)19/h1-2,4-5H,3,6-7H2,(H,18,19). The summed E-state index contributed by atoms with van der Waals surface area (Å²) in [6.45, 7) is -0.0261. The predicted octanol–water partition coefficient (Wildman–Crippen LogP) is 2.92. The third-order valence-corrected chi connectivity index (χ3v) is 2.68. The molecular weight excluding hydrogens is 261 g/mol. The molecule has 0 unspecified atom stereocenters. The van der Waals surface area contributed by atoms with Crippen LogP contribution in [0.3, 0.4) is 0 Å². The minimum absolute atomic E-state index is 0.0261. The second kappa shape index (κ2) is 4.91. The monoisotopic (exact) mass is 272 g/mol. The zero-order valence-corrected chi connectivity index (χ0v) is 9.81. The Morgan fingerprint density at radius 3 is 2.63 bits per heavy atom. The van der Waals surface area contributed by atoms with Gasteiger partial charge >= 0.3 is 12.1 Å². The summed E-state index contributed by atoms with van der Waals surface area (Å²) in [5.41, 5.74) is 0.616. The largest absolute Gasteiger partial charge is 0.481 e. The molecule has 102 valence electrons. The Labute approximate surface area is 106 Å². The number of alkyl halides is 3. The topological polar surface area (TPSA) is 55.1 Å². The van der Waals surface area contributed by atoms with Gasteiger partial charge in [-0.15, -0.1) is 0 Å². The molecule has 0 saturated heterocycles. The Balaban J connectivity index is 2.40. The van der Waals surface area contributed by atoms with Crippen molar-refractivity contribution in [3.05, 3.63) is 30.1 Å². The maximum absolute atomic E-state index is 12.9. The van der Waals surface area contributed by atoms with Crippen molar-refractivity contribution in [2.75, 3.05) is 0 Å². The van der Waals surface area contributed by atoms with Gasteiger partial charge < -0.3 is 9.67 Å². The number of carboxylic acids is 1. The van der Waals surface area contributed by atoms with E-state index in [1.165, 1.54) is 6.07 Å². The summed E-state index contributed by atoms with van der Waals surface area (Å²) in [4.78, 5) is 14.0. The molecule has 2 rings (SSSR count). The molecule has 1 heterocycles. The summed E-state index contributed by atoms with van der Waals surface area (Å²) in [6.07, 6.45) is -4.61. The molecule has 0 fully saturated rings.